The van der Waals surface area contributed by atoms with Gasteiger partial charge >= 0.3 is 0 Å². The third-order valence-electron chi connectivity index (χ3n) is 3.66. The fourth-order valence-corrected chi connectivity index (χ4v) is 2.22. The lowest BCUT2D eigenvalue weighted by molar-refractivity contribution is -0.117. The molecular formula is C15H17ClN6O. The molecule has 1 aliphatic carbocycles. The van der Waals surface area contributed by atoms with Crippen LogP contribution in [0.25, 0.3) is 11.3 Å². The Morgan fingerprint density at radius 3 is 2.83 bits per heavy atom. The number of amides is 1. The number of carbonyl (C=O) groups is 1. The molecule has 0 aromatic carbocycles. The van der Waals surface area contributed by atoms with Crippen LogP contribution >= 0.6 is 11.6 Å². The van der Waals surface area contributed by atoms with Crippen LogP contribution in [0.3, 0.4) is 0 Å². The zero-order valence-electron chi connectivity index (χ0n) is 13.0. The van der Waals surface area contributed by atoms with Gasteiger partial charge in [-0.25, -0.2) is 19.9 Å². The number of aryl methyl sites for hydroxylation is 1. The number of aromatic nitrogens is 4. The number of alkyl halides is 1. The highest BCUT2D eigenvalue weighted by atomic mass is 35.5. The first-order valence-electron chi connectivity index (χ1n) is 7.32. The minimum absolute atomic E-state index is 0.00907. The van der Waals surface area contributed by atoms with E-state index in [1.54, 1.807) is 11.1 Å². The van der Waals surface area contributed by atoms with Crippen molar-refractivity contribution in [2.24, 2.45) is 5.92 Å². The molecule has 0 unspecified atom stereocenters. The summed E-state index contributed by atoms with van der Waals surface area (Å²) in [6.07, 6.45) is 5.04. The molecular weight excluding hydrogens is 316 g/mol. The van der Waals surface area contributed by atoms with Crippen molar-refractivity contribution in [3.8, 4) is 11.3 Å². The van der Waals surface area contributed by atoms with Crippen LogP contribution in [0.2, 0.25) is 0 Å². The zero-order chi connectivity index (χ0) is 16.4. The first-order chi connectivity index (χ1) is 11.1. The summed E-state index contributed by atoms with van der Waals surface area (Å²) < 4.78 is 0. The summed E-state index contributed by atoms with van der Waals surface area (Å²) in [5.74, 6) is 1.16. The Bertz CT molecular complexity index is 734. The van der Waals surface area contributed by atoms with E-state index >= 15 is 0 Å². The highest BCUT2D eigenvalue weighted by Gasteiger charge is 2.30. The van der Waals surface area contributed by atoms with Crippen LogP contribution in [0.15, 0.2) is 18.6 Å². The smallest absolute Gasteiger partial charge is 0.229 e. The Morgan fingerprint density at radius 2 is 2.17 bits per heavy atom. The van der Waals surface area contributed by atoms with E-state index in [1.165, 1.54) is 6.33 Å². The van der Waals surface area contributed by atoms with Gasteiger partial charge in [-0.1, -0.05) is 0 Å². The molecule has 120 valence electrons. The topological polar surface area (TPSA) is 83.9 Å². The Morgan fingerprint density at radius 1 is 1.39 bits per heavy atom. The van der Waals surface area contributed by atoms with Gasteiger partial charge in [-0.05, 0) is 19.8 Å². The van der Waals surface area contributed by atoms with Crippen LogP contribution in [0.5, 0.6) is 0 Å². The normalized spacial score (nSPS) is 13.7. The van der Waals surface area contributed by atoms with Crippen molar-refractivity contribution >= 4 is 29.3 Å². The molecule has 7 nitrogen and oxygen atoms in total. The number of nitrogens with one attached hydrogen (secondary N) is 1. The Kier molecular flexibility index (Phi) is 4.38. The van der Waals surface area contributed by atoms with Crippen molar-refractivity contribution in [1.82, 2.24) is 19.9 Å². The lowest BCUT2D eigenvalue weighted by atomic mass is 10.1. The van der Waals surface area contributed by atoms with Crippen molar-refractivity contribution in [2.45, 2.75) is 19.8 Å². The number of anilines is 2. The third-order valence-corrected chi connectivity index (χ3v) is 4.02. The van der Waals surface area contributed by atoms with E-state index in [0.717, 1.165) is 29.9 Å². The van der Waals surface area contributed by atoms with E-state index in [9.17, 15) is 4.79 Å². The third kappa shape index (κ3) is 3.56. The molecule has 1 N–H and O–H groups in total. The molecule has 1 fully saturated rings. The second-order valence-electron chi connectivity index (χ2n) is 5.54. The summed E-state index contributed by atoms with van der Waals surface area (Å²) in [5, 5.41) is 2.74. The highest BCUT2D eigenvalue weighted by Crippen LogP contribution is 2.30. The standard InChI is InChI=1S/C15H17ClN6O/c1-9-11(12-5-13(19-8-18-12)22(2)7-16)6-17-15(20-9)21-14(23)10-3-4-10/h5-6,8,10H,3-4,7H2,1-2H3,(H,17,20,21,23). The average molecular weight is 333 g/mol. The number of nitrogens with zero attached hydrogens (tertiary/aromatic N) is 5. The summed E-state index contributed by atoms with van der Waals surface area (Å²) in [4.78, 5) is 30.6. The highest BCUT2D eigenvalue weighted by molar-refractivity contribution is 6.18. The van der Waals surface area contributed by atoms with Crippen molar-refractivity contribution in [1.29, 1.82) is 0 Å². The van der Waals surface area contributed by atoms with Gasteiger partial charge < -0.3 is 4.90 Å². The molecule has 2 heterocycles. The van der Waals surface area contributed by atoms with Crippen LogP contribution in [-0.4, -0.2) is 38.9 Å². The second-order valence-corrected chi connectivity index (χ2v) is 5.77. The van der Waals surface area contributed by atoms with Crippen LogP contribution < -0.4 is 10.2 Å². The maximum atomic E-state index is 11.8. The van der Waals surface area contributed by atoms with Crippen molar-refractivity contribution in [3.63, 3.8) is 0 Å². The first kappa shape index (κ1) is 15.6. The fourth-order valence-electron chi connectivity index (χ4n) is 2.10. The summed E-state index contributed by atoms with van der Waals surface area (Å²) in [6.45, 7) is 1.86. The van der Waals surface area contributed by atoms with Gasteiger partial charge in [0, 0.05) is 30.8 Å². The maximum Gasteiger partial charge on any atom is 0.229 e. The van der Waals surface area contributed by atoms with E-state index in [1.807, 2.05) is 20.0 Å². The Hall–Kier alpha value is -2.28. The maximum absolute atomic E-state index is 11.8. The molecule has 0 aliphatic heterocycles. The number of carbonyl (C=O) groups excluding carboxylic acids is 1. The molecule has 0 atom stereocenters. The van der Waals surface area contributed by atoms with Crippen LogP contribution in [0.4, 0.5) is 11.8 Å². The fraction of sp³-hybridized carbons (Fsp3) is 0.400. The van der Waals surface area contributed by atoms with Gasteiger partial charge in [0.2, 0.25) is 11.9 Å². The van der Waals surface area contributed by atoms with Crippen molar-refractivity contribution in [3.05, 3.63) is 24.3 Å². The number of hydrogen-bond donors (Lipinski definition) is 1. The Labute approximate surface area is 139 Å². The molecule has 1 amide bonds. The van der Waals surface area contributed by atoms with Gasteiger partial charge in [0.15, 0.2) is 0 Å². The molecule has 0 bridgehead atoms. The van der Waals surface area contributed by atoms with E-state index in [0.29, 0.717) is 17.6 Å². The van der Waals surface area contributed by atoms with Gasteiger partial charge in [0.25, 0.3) is 0 Å². The van der Waals surface area contributed by atoms with Crippen LogP contribution in [0, 0.1) is 12.8 Å². The zero-order valence-corrected chi connectivity index (χ0v) is 13.7. The predicted molar refractivity (Wildman–Crippen MR) is 88.3 cm³/mol. The molecule has 0 radical (unpaired) electrons. The summed E-state index contributed by atoms with van der Waals surface area (Å²) >= 11 is 5.82. The van der Waals surface area contributed by atoms with Gasteiger partial charge in [0.05, 0.1) is 17.4 Å². The number of halogens is 1. The molecule has 1 saturated carbocycles. The van der Waals surface area contributed by atoms with E-state index in [-0.39, 0.29) is 11.8 Å². The monoisotopic (exact) mass is 332 g/mol. The van der Waals surface area contributed by atoms with Gasteiger partial charge in [0.1, 0.15) is 12.1 Å². The first-order valence-corrected chi connectivity index (χ1v) is 7.86. The molecule has 3 rings (SSSR count). The van der Waals surface area contributed by atoms with Crippen LogP contribution in [-0.2, 0) is 4.79 Å². The summed E-state index contributed by atoms with van der Waals surface area (Å²) in [5.41, 5.74) is 2.25. The molecule has 2 aromatic rings. The molecule has 2 aromatic heterocycles. The molecule has 8 heteroatoms. The van der Waals surface area contributed by atoms with E-state index in [4.69, 9.17) is 11.6 Å². The lowest BCUT2D eigenvalue weighted by Gasteiger charge is -2.14. The summed E-state index contributed by atoms with van der Waals surface area (Å²) in [6, 6.07) is 2.16. The SMILES string of the molecule is Cc1nc(NC(=O)C2CC2)ncc1-c1cc(N(C)CCl)ncn1. The molecule has 1 aliphatic rings. The minimum Gasteiger partial charge on any atom is -0.346 e. The molecule has 0 saturated heterocycles. The Balaban J connectivity index is 1.84. The van der Waals surface area contributed by atoms with Gasteiger partial charge in [-0.15, -0.1) is 11.6 Å². The summed E-state index contributed by atoms with van der Waals surface area (Å²) in [7, 11) is 1.85. The largest absolute Gasteiger partial charge is 0.346 e. The van der Waals surface area contributed by atoms with E-state index in [2.05, 4.69) is 25.3 Å². The quantitative estimate of drug-likeness (QED) is 0.667. The number of hydrogen-bond acceptors (Lipinski definition) is 6. The van der Waals surface area contributed by atoms with Crippen LogP contribution in [0.1, 0.15) is 18.5 Å². The van der Waals surface area contributed by atoms with Gasteiger partial charge in [-0.2, -0.15) is 0 Å². The second kappa shape index (κ2) is 6.45. The predicted octanol–water partition coefficient (Wildman–Crippen LogP) is 2.22. The van der Waals surface area contributed by atoms with Crippen molar-refractivity contribution < 1.29 is 4.79 Å². The molecule has 23 heavy (non-hydrogen) atoms. The molecule has 0 spiro atoms. The van der Waals surface area contributed by atoms with Gasteiger partial charge in [-0.3, -0.25) is 10.1 Å². The minimum atomic E-state index is -0.00907. The average Bonchev–Trinajstić information content (AvgIpc) is 3.39. The van der Waals surface area contributed by atoms with E-state index < -0.39 is 0 Å². The number of rotatable bonds is 5. The lowest BCUT2D eigenvalue weighted by Crippen LogP contribution is -2.16. The van der Waals surface area contributed by atoms with Crippen molar-refractivity contribution in [2.75, 3.05) is 23.3 Å².